The van der Waals surface area contributed by atoms with Gasteiger partial charge in [-0.05, 0) is 54.1 Å². The normalized spacial score (nSPS) is 19.2. The van der Waals surface area contributed by atoms with Crippen LogP contribution < -0.4 is 9.64 Å². The van der Waals surface area contributed by atoms with Crippen LogP contribution in [0.3, 0.4) is 0 Å². The Morgan fingerprint density at radius 2 is 1.74 bits per heavy atom. The molecule has 3 aromatic carbocycles. The number of phenolic OH excluding ortho intramolecular Hbond substituents is 1. The van der Waals surface area contributed by atoms with E-state index in [4.69, 9.17) is 21.1 Å². The maximum atomic E-state index is 13.4. The van der Waals surface area contributed by atoms with Gasteiger partial charge < -0.3 is 19.7 Å². The fourth-order valence-electron chi connectivity index (χ4n) is 3.50. The standard InChI is InChI=1S/C23H19ClFNO5/c24-18-3-1-2-4-20(18)30-13-19(28)22-21(14-5-11-17(27)12-6-14)26(23(29)31-22)16-9-7-15(25)8-10-16/h1-12,19,21-22,27-28H,13H2/t19?,21-,22?/m1/s1. The number of nitrogens with zero attached hydrogens (tertiary/aromatic N) is 1. The van der Waals surface area contributed by atoms with Crippen LogP contribution in [0.15, 0.2) is 72.8 Å². The number of para-hydroxylation sites is 1. The van der Waals surface area contributed by atoms with Crippen molar-refractivity contribution in [3.05, 3.63) is 89.2 Å². The zero-order chi connectivity index (χ0) is 22.0. The summed E-state index contributed by atoms with van der Waals surface area (Å²) in [6.45, 7) is -0.173. The van der Waals surface area contributed by atoms with Gasteiger partial charge in [-0.2, -0.15) is 0 Å². The topological polar surface area (TPSA) is 79.2 Å². The van der Waals surface area contributed by atoms with Crippen molar-refractivity contribution in [2.24, 2.45) is 0 Å². The van der Waals surface area contributed by atoms with Crippen molar-refractivity contribution in [2.75, 3.05) is 11.5 Å². The first-order valence-electron chi connectivity index (χ1n) is 9.54. The molecule has 31 heavy (non-hydrogen) atoms. The Balaban J connectivity index is 1.63. The van der Waals surface area contributed by atoms with Crippen LogP contribution in [0.25, 0.3) is 0 Å². The van der Waals surface area contributed by atoms with Crippen LogP contribution in [-0.2, 0) is 4.74 Å². The van der Waals surface area contributed by atoms with Crippen molar-refractivity contribution in [2.45, 2.75) is 18.2 Å². The summed E-state index contributed by atoms with van der Waals surface area (Å²) in [5, 5.41) is 20.9. The van der Waals surface area contributed by atoms with Gasteiger partial charge >= 0.3 is 6.09 Å². The molecule has 1 amide bonds. The number of phenols is 1. The van der Waals surface area contributed by atoms with Crippen molar-refractivity contribution in [3.8, 4) is 11.5 Å². The average molecular weight is 444 g/mol. The van der Waals surface area contributed by atoms with E-state index in [1.54, 1.807) is 36.4 Å². The van der Waals surface area contributed by atoms with Crippen LogP contribution in [0, 0.1) is 5.82 Å². The van der Waals surface area contributed by atoms with E-state index in [0.29, 0.717) is 22.0 Å². The van der Waals surface area contributed by atoms with Crippen molar-refractivity contribution < 1.29 is 28.9 Å². The maximum Gasteiger partial charge on any atom is 0.415 e. The molecule has 1 fully saturated rings. The number of ether oxygens (including phenoxy) is 2. The van der Waals surface area contributed by atoms with E-state index in [-0.39, 0.29) is 12.4 Å². The number of aliphatic hydroxyl groups is 1. The molecule has 0 bridgehead atoms. The lowest BCUT2D eigenvalue weighted by Crippen LogP contribution is -2.38. The molecule has 2 unspecified atom stereocenters. The number of hydrogen-bond acceptors (Lipinski definition) is 5. The predicted octanol–water partition coefficient (Wildman–Crippen LogP) is 4.69. The Kier molecular flexibility index (Phi) is 5.97. The third-order valence-corrected chi connectivity index (χ3v) is 5.30. The second-order valence-corrected chi connectivity index (χ2v) is 7.45. The number of aliphatic hydroxyl groups excluding tert-OH is 1. The van der Waals surface area contributed by atoms with Gasteiger partial charge in [-0.15, -0.1) is 0 Å². The molecule has 8 heteroatoms. The summed E-state index contributed by atoms with van der Waals surface area (Å²) in [5.74, 6) is 0.00723. The SMILES string of the molecule is O=C1OC(C(O)COc2ccccc2Cl)[C@@H](c2ccc(O)cc2)N1c1ccc(F)cc1. The summed E-state index contributed by atoms with van der Waals surface area (Å²) >= 11 is 6.09. The highest BCUT2D eigenvalue weighted by atomic mass is 35.5. The molecule has 3 atom stereocenters. The molecule has 0 saturated carbocycles. The number of amides is 1. The Morgan fingerprint density at radius 3 is 2.42 bits per heavy atom. The number of benzene rings is 3. The Hall–Kier alpha value is -3.29. The molecular formula is C23H19ClFNO5. The first-order chi connectivity index (χ1) is 14.9. The summed E-state index contributed by atoms with van der Waals surface area (Å²) in [5.41, 5.74) is 1.03. The summed E-state index contributed by atoms with van der Waals surface area (Å²) < 4.78 is 24.5. The van der Waals surface area contributed by atoms with Crippen LogP contribution in [-0.4, -0.2) is 35.1 Å². The Labute approximate surface area is 183 Å². The molecule has 0 spiro atoms. The molecule has 0 aromatic heterocycles. The van der Waals surface area contributed by atoms with Gasteiger partial charge in [-0.3, -0.25) is 4.90 Å². The third kappa shape index (κ3) is 4.42. The van der Waals surface area contributed by atoms with Crippen molar-refractivity contribution >= 4 is 23.4 Å². The van der Waals surface area contributed by atoms with Gasteiger partial charge in [0, 0.05) is 5.69 Å². The smallest absolute Gasteiger partial charge is 0.415 e. The highest BCUT2D eigenvalue weighted by Gasteiger charge is 2.47. The van der Waals surface area contributed by atoms with Gasteiger partial charge in [0.25, 0.3) is 0 Å². The zero-order valence-electron chi connectivity index (χ0n) is 16.2. The van der Waals surface area contributed by atoms with Gasteiger partial charge in [-0.25, -0.2) is 9.18 Å². The van der Waals surface area contributed by atoms with Gasteiger partial charge in [0.15, 0.2) is 6.10 Å². The number of carbonyl (C=O) groups excluding carboxylic acids is 1. The van der Waals surface area contributed by atoms with Gasteiger partial charge in [0.1, 0.15) is 36.1 Å². The quantitative estimate of drug-likeness (QED) is 0.577. The highest BCUT2D eigenvalue weighted by molar-refractivity contribution is 6.32. The van der Waals surface area contributed by atoms with E-state index in [2.05, 4.69) is 0 Å². The number of hydrogen-bond donors (Lipinski definition) is 2. The summed E-state index contributed by atoms with van der Waals surface area (Å²) in [7, 11) is 0. The van der Waals surface area contributed by atoms with Gasteiger partial charge in [0.2, 0.25) is 0 Å². The summed E-state index contributed by atoms with van der Waals surface area (Å²) in [4.78, 5) is 14.1. The predicted molar refractivity (Wildman–Crippen MR) is 113 cm³/mol. The van der Waals surface area contributed by atoms with Crippen LogP contribution in [0.4, 0.5) is 14.9 Å². The highest BCUT2D eigenvalue weighted by Crippen LogP contribution is 2.39. The fraction of sp³-hybridized carbons (Fsp3) is 0.174. The number of anilines is 1. The fourth-order valence-corrected chi connectivity index (χ4v) is 3.69. The van der Waals surface area contributed by atoms with Crippen LogP contribution in [0.1, 0.15) is 11.6 Å². The minimum atomic E-state index is -1.19. The minimum Gasteiger partial charge on any atom is -0.508 e. The lowest BCUT2D eigenvalue weighted by Gasteiger charge is -2.27. The molecule has 0 aliphatic carbocycles. The Bertz CT molecular complexity index is 1060. The van der Waals surface area contributed by atoms with E-state index >= 15 is 0 Å². The maximum absolute atomic E-state index is 13.4. The van der Waals surface area contributed by atoms with Crippen molar-refractivity contribution in [3.63, 3.8) is 0 Å². The number of aromatic hydroxyl groups is 1. The van der Waals surface area contributed by atoms with Crippen LogP contribution >= 0.6 is 11.6 Å². The van der Waals surface area contributed by atoms with Crippen LogP contribution in [0.5, 0.6) is 11.5 Å². The molecule has 3 aromatic rings. The molecule has 1 saturated heterocycles. The zero-order valence-corrected chi connectivity index (χ0v) is 16.9. The largest absolute Gasteiger partial charge is 0.508 e. The molecular weight excluding hydrogens is 425 g/mol. The molecule has 1 aliphatic rings. The average Bonchev–Trinajstić information content (AvgIpc) is 3.11. The van der Waals surface area contributed by atoms with E-state index in [9.17, 15) is 19.4 Å². The van der Waals surface area contributed by atoms with Gasteiger partial charge in [0.05, 0.1) is 5.02 Å². The number of cyclic esters (lactones) is 1. The van der Waals surface area contributed by atoms with Gasteiger partial charge in [-0.1, -0.05) is 35.9 Å². The van der Waals surface area contributed by atoms with Crippen LogP contribution in [0.2, 0.25) is 5.02 Å². The van der Waals surface area contributed by atoms with Crippen molar-refractivity contribution in [1.29, 1.82) is 0 Å². The molecule has 1 heterocycles. The van der Waals surface area contributed by atoms with Crippen molar-refractivity contribution in [1.82, 2.24) is 0 Å². The number of carbonyl (C=O) groups is 1. The second-order valence-electron chi connectivity index (χ2n) is 7.04. The summed E-state index contributed by atoms with van der Waals surface area (Å²) in [6.07, 6.45) is -2.86. The molecule has 6 nitrogen and oxygen atoms in total. The van der Waals surface area contributed by atoms with E-state index in [0.717, 1.165) is 0 Å². The number of rotatable bonds is 6. The first kappa shape index (κ1) is 21.0. The van der Waals surface area contributed by atoms with E-state index in [1.807, 2.05) is 0 Å². The molecule has 2 N–H and O–H groups in total. The summed E-state index contributed by atoms with van der Waals surface area (Å²) in [6, 6.07) is 17.7. The monoisotopic (exact) mass is 443 g/mol. The van der Waals surface area contributed by atoms with E-state index in [1.165, 1.54) is 41.3 Å². The number of halogens is 2. The molecule has 160 valence electrons. The Morgan fingerprint density at radius 1 is 1.06 bits per heavy atom. The third-order valence-electron chi connectivity index (χ3n) is 4.99. The van der Waals surface area contributed by atoms with E-state index < -0.39 is 30.2 Å². The lowest BCUT2D eigenvalue weighted by molar-refractivity contribution is -0.00644. The molecule has 4 rings (SSSR count). The second kappa shape index (κ2) is 8.83. The first-order valence-corrected chi connectivity index (χ1v) is 9.91. The minimum absolute atomic E-state index is 0.0569. The molecule has 1 aliphatic heterocycles. The molecule has 0 radical (unpaired) electrons. The lowest BCUT2D eigenvalue weighted by atomic mass is 9.96.